The fourth-order valence-electron chi connectivity index (χ4n) is 4.08. The maximum Gasteiger partial charge on any atom is 0.204 e. The maximum atomic E-state index is 13.7. The molecule has 1 aromatic heterocycles. The first-order valence-corrected chi connectivity index (χ1v) is 11.4. The molecule has 186 valence electrons. The lowest BCUT2D eigenvalue weighted by Gasteiger charge is -2.15. The molecule has 0 aliphatic carbocycles. The number of aromatic hydroxyl groups is 3. The van der Waals surface area contributed by atoms with Gasteiger partial charge in [-0.2, -0.15) is 0 Å². The average molecular weight is 481 g/mol. The van der Waals surface area contributed by atoms with Gasteiger partial charge in [0.15, 0.2) is 11.5 Å². The Kier molecular flexibility index (Phi) is 7.79. The van der Waals surface area contributed by atoms with Crippen LogP contribution in [0.2, 0.25) is 0 Å². The molecule has 0 bridgehead atoms. The van der Waals surface area contributed by atoms with Crippen LogP contribution < -0.4 is 10.2 Å². The van der Waals surface area contributed by atoms with Crippen LogP contribution in [-0.4, -0.2) is 27.5 Å². The lowest BCUT2D eigenvalue weighted by atomic mass is 9.98. The number of phenols is 3. The molecule has 7 nitrogen and oxygen atoms in total. The SMILES string of the molecule is COc1c(O)cc2oc3c(C/C=C(\C)O)c(O)cc(O)c3c(=O)c2c1C/C=C(\C)CCC=C(C)C. The fraction of sp³-hybridized carbons (Fsp3) is 0.321. The first-order valence-electron chi connectivity index (χ1n) is 11.4. The third-order valence-electron chi connectivity index (χ3n) is 5.88. The number of fused-ring (bicyclic) bond motifs is 2. The van der Waals surface area contributed by atoms with E-state index in [1.807, 2.05) is 26.8 Å². The summed E-state index contributed by atoms with van der Waals surface area (Å²) in [4.78, 5) is 13.7. The molecule has 3 rings (SSSR count). The highest BCUT2D eigenvalue weighted by atomic mass is 16.5. The van der Waals surface area contributed by atoms with Gasteiger partial charge in [0.2, 0.25) is 5.43 Å². The molecule has 0 fully saturated rings. The van der Waals surface area contributed by atoms with Crippen molar-refractivity contribution in [3.63, 3.8) is 0 Å². The van der Waals surface area contributed by atoms with Crippen molar-refractivity contribution >= 4 is 21.9 Å². The van der Waals surface area contributed by atoms with Gasteiger partial charge in [-0.05, 0) is 53.0 Å². The van der Waals surface area contributed by atoms with Gasteiger partial charge in [-0.25, -0.2) is 0 Å². The molecule has 0 radical (unpaired) electrons. The monoisotopic (exact) mass is 480 g/mol. The summed E-state index contributed by atoms with van der Waals surface area (Å²) in [5.74, 6) is -0.693. The number of ether oxygens (including phenoxy) is 1. The highest BCUT2D eigenvalue weighted by molar-refractivity contribution is 5.98. The molecule has 0 saturated carbocycles. The summed E-state index contributed by atoms with van der Waals surface area (Å²) >= 11 is 0. The predicted molar refractivity (Wildman–Crippen MR) is 138 cm³/mol. The van der Waals surface area contributed by atoms with E-state index in [0.29, 0.717) is 12.0 Å². The number of aliphatic hydroxyl groups is 1. The van der Waals surface area contributed by atoms with Crippen LogP contribution in [0.1, 0.15) is 51.7 Å². The predicted octanol–water partition coefficient (Wildman–Crippen LogP) is 6.31. The molecule has 0 unspecified atom stereocenters. The summed E-state index contributed by atoms with van der Waals surface area (Å²) in [6.45, 7) is 7.59. The zero-order valence-corrected chi connectivity index (χ0v) is 20.7. The van der Waals surface area contributed by atoms with Crippen molar-refractivity contribution in [1.29, 1.82) is 0 Å². The highest BCUT2D eigenvalue weighted by Crippen LogP contribution is 2.40. The lowest BCUT2D eigenvalue weighted by Crippen LogP contribution is -2.08. The van der Waals surface area contributed by atoms with E-state index in [1.165, 1.54) is 31.7 Å². The molecule has 0 spiro atoms. The van der Waals surface area contributed by atoms with Gasteiger partial charge in [0, 0.05) is 29.7 Å². The normalized spacial score (nSPS) is 12.4. The van der Waals surface area contributed by atoms with Crippen molar-refractivity contribution in [3.05, 3.63) is 68.6 Å². The van der Waals surface area contributed by atoms with Crippen LogP contribution in [0.4, 0.5) is 0 Å². The quantitative estimate of drug-likeness (QED) is 0.169. The van der Waals surface area contributed by atoms with E-state index in [-0.39, 0.29) is 56.9 Å². The van der Waals surface area contributed by atoms with Gasteiger partial charge in [0.25, 0.3) is 0 Å². The molecule has 0 atom stereocenters. The largest absolute Gasteiger partial charge is 0.513 e. The molecular weight excluding hydrogens is 448 g/mol. The molecule has 0 amide bonds. The van der Waals surface area contributed by atoms with E-state index in [9.17, 15) is 25.2 Å². The standard InChI is InChI=1S/C28H32O7/c1-15(2)7-6-8-16(3)9-11-19-24-23(14-22(32)27(19)34-5)35-28-18(12-10-17(4)29)20(30)13-21(31)25(28)26(24)33/h7,9-10,13-14,29-32H,6,8,11-12H2,1-5H3/b16-9+,17-10+. The second kappa shape index (κ2) is 10.6. The van der Waals surface area contributed by atoms with E-state index in [1.54, 1.807) is 0 Å². The zero-order chi connectivity index (χ0) is 25.9. The third kappa shape index (κ3) is 5.45. The second-order valence-electron chi connectivity index (χ2n) is 8.93. The van der Waals surface area contributed by atoms with Crippen molar-refractivity contribution < 1.29 is 29.6 Å². The Balaban J connectivity index is 2.27. The molecule has 0 aliphatic heterocycles. The summed E-state index contributed by atoms with van der Waals surface area (Å²) in [6, 6.07) is 2.38. The highest BCUT2D eigenvalue weighted by Gasteiger charge is 2.23. The van der Waals surface area contributed by atoms with Gasteiger partial charge in [-0.3, -0.25) is 4.79 Å². The van der Waals surface area contributed by atoms with Gasteiger partial charge in [0.1, 0.15) is 28.1 Å². The van der Waals surface area contributed by atoms with E-state index >= 15 is 0 Å². The van der Waals surface area contributed by atoms with E-state index in [0.717, 1.165) is 24.5 Å². The Morgan fingerprint density at radius 3 is 2.23 bits per heavy atom. The Bertz CT molecular complexity index is 1410. The van der Waals surface area contributed by atoms with Crippen LogP contribution in [0.5, 0.6) is 23.0 Å². The Morgan fingerprint density at radius 2 is 1.60 bits per heavy atom. The van der Waals surface area contributed by atoms with Gasteiger partial charge in [-0.15, -0.1) is 0 Å². The number of rotatable bonds is 8. The number of hydrogen-bond acceptors (Lipinski definition) is 7. The number of allylic oxidation sites excluding steroid dienone is 6. The Labute approximate surface area is 203 Å². The molecule has 0 aliphatic rings. The van der Waals surface area contributed by atoms with Gasteiger partial charge in [-0.1, -0.05) is 23.3 Å². The van der Waals surface area contributed by atoms with Gasteiger partial charge in [0.05, 0.1) is 18.3 Å². The number of benzene rings is 2. The van der Waals surface area contributed by atoms with E-state index in [2.05, 4.69) is 6.08 Å². The number of phenolic OH excluding ortho intramolecular Hbond substituents is 3. The molecule has 4 N–H and O–H groups in total. The number of aliphatic hydroxyl groups excluding tert-OH is 1. The molecule has 35 heavy (non-hydrogen) atoms. The van der Waals surface area contributed by atoms with E-state index < -0.39 is 11.2 Å². The van der Waals surface area contributed by atoms with E-state index in [4.69, 9.17) is 9.15 Å². The minimum Gasteiger partial charge on any atom is -0.513 e. The first kappa shape index (κ1) is 25.7. The van der Waals surface area contributed by atoms with Crippen LogP contribution in [0, 0.1) is 0 Å². The van der Waals surface area contributed by atoms with Crippen LogP contribution in [-0.2, 0) is 12.8 Å². The van der Waals surface area contributed by atoms with Crippen molar-refractivity contribution in [2.24, 2.45) is 0 Å². The van der Waals surface area contributed by atoms with Crippen molar-refractivity contribution in [1.82, 2.24) is 0 Å². The third-order valence-corrected chi connectivity index (χ3v) is 5.88. The Hall–Kier alpha value is -3.87. The number of methoxy groups -OCH3 is 1. The van der Waals surface area contributed by atoms with Crippen molar-refractivity contribution in [3.8, 4) is 23.0 Å². The van der Waals surface area contributed by atoms with Crippen LogP contribution in [0.3, 0.4) is 0 Å². The molecule has 1 heterocycles. The topological polar surface area (TPSA) is 120 Å². The van der Waals surface area contributed by atoms with Crippen molar-refractivity contribution in [2.45, 2.75) is 53.4 Å². The Morgan fingerprint density at radius 1 is 0.914 bits per heavy atom. The lowest BCUT2D eigenvalue weighted by molar-refractivity contribution is 0.370. The first-order chi connectivity index (χ1) is 16.5. The summed E-state index contributed by atoms with van der Waals surface area (Å²) in [5.41, 5.74) is 2.62. The number of hydrogen-bond donors (Lipinski definition) is 4. The minimum absolute atomic E-state index is 0.0125. The fourth-order valence-corrected chi connectivity index (χ4v) is 4.08. The van der Waals surface area contributed by atoms with Crippen LogP contribution in [0.25, 0.3) is 21.9 Å². The molecular formula is C28H32O7. The summed E-state index contributed by atoms with van der Waals surface area (Å²) in [5, 5.41) is 41.2. The smallest absolute Gasteiger partial charge is 0.204 e. The molecule has 2 aromatic carbocycles. The molecule has 7 heteroatoms. The van der Waals surface area contributed by atoms with Gasteiger partial charge < -0.3 is 29.6 Å². The van der Waals surface area contributed by atoms with Crippen LogP contribution >= 0.6 is 0 Å². The van der Waals surface area contributed by atoms with Crippen LogP contribution in [0.15, 0.2) is 56.5 Å². The molecule has 3 aromatic rings. The summed E-state index contributed by atoms with van der Waals surface area (Å²) < 4.78 is 11.4. The van der Waals surface area contributed by atoms with Gasteiger partial charge >= 0.3 is 0 Å². The summed E-state index contributed by atoms with van der Waals surface area (Å²) in [7, 11) is 1.41. The minimum atomic E-state index is -0.506. The maximum absolute atomic E-state index is 13.7. The van der Waals surface area contributed by atoms with Crippen molar-refractivity contribution in [2.75, 3.05) is 7.11 Å². The molecule has 0 saturated heterocycles. The second-order valence-corrected chi connectivity index (χ2v) is 8.93. The zero-order valence-electron chi connectivity index (χ0n) is 20.7. The average Bonchev–Trinajstić information content (AvgIpc) is 2.76. The summed E-state index contributed by atoms with van der Waals surface area (Å²) in [6.07, 6.45) is 7.72.